The molecular formula is C21H19ClN6O2. The van der Waals surface area contributed by atoms with Crippen LogP contribution in [0.15, 0.2) is 54.7 Å². The van der Waals surface area contributed by atoms with E-state index in [-0.39, 0.29) is 6.42 Å². The number of nitrogens with two attached hydrogens (primary N) is 2. The third-order valence-corrected chi connectivity index (χ3v) is 4.83. The number of aromatic nitrogens is 3. The summed E-state index contributed by atoms with van der Waals surface area (Å²) in [6, 6.07) is 14.3. The number of ether oxygens (including phenoxy) is 1. The van der Waals surface area contributed by atoms with E-state index in [2.05, 4.69) is 15.3 Å². The molecule has 0 bridgehead atoms. The van der Waals surface area contributed by atoms with E-state index in [1.54, 1.807) is 30.5 Å². The zero-order valence-corrected chi connectivity index (χ0v) is 16.8. The molecule has 1 amide bonds. The van der Waals surface area contributed by atoms with E-state index in [1.165, 1.54) is 0 Å². The maximum absolute atomic E-state index is 11.1. The van der Waals surface area contributed by atoms with Crippen molar-refractivity contribution in [1.82, 2.24) is 14.5 Å². The van der Waals surface area contributed by atoms with Gasteiger partial charge in [-0.1, -0.05) is 11.6 Å². The molecule has 0 aliphatic heterocycles. The number of hydrogen-bond donors (Lipinski definition) is 3. The smallest absolute Gasteiger partial charge is 0.223 e. The Hall–Kier alpha value is -3.78. The summed E-state index contributed by atoms with van der Waals surface area (Å²) in [5, 5.41) is 3.75. The molecule has 0 aliphatic rings. The summed E-state index contributed by atoms with van der Waals surface area (Å²) in [6.07, 6.45) is 1.63. The van der Waals surface area contributed by atoms with Crippen LogP contribution in [0.4, 0.5) is 17.3 Å². The Balaban J connectivity index is 1.59. The summed E-state index contributed by atoms with van der Waals surface area (Å²) < 4.78 is 7.84. The van der Waals surface area contributed by atoms with Crippen molar-refractivity contribution in [3.8, 4) is 11.5 Å². The average molecular weight is 423 g/mol. The number of anilines is 3. The van der Waals surface area contributed by atoms with Crippen molar-refractivity contribution >= 4 is 45.9 Å². The summed E-state index contributed by atoms with van der Waals surface area (Å²) in [4.78, 5) is 19.9. The molecule has 5 N–H and O–H groups in total. The fourth-order valence-electron chi connectivity index (χ4n) is 3.04. The van der Waals surface area contributed by atoms with E-state index in [0.717, 1.165) is 16.7 Å². The number of nitrogens with one attached hydrogen (secondary N) is 1. The zero-order valence-electron chi connectivity index (χ0n) is 16.1. The highest BCUT2D eigenvalue weighted by molar-refractivity contribution is 6.33. The molecule has 0 saturated heterocycles. The first kappa shape index (κ1) is 19.5. The molecule has 8 nitrogen and oxygen atoms in total. The Morgan fingerprint density at radius 1 is 1.17 bits per heavy atom. The third kappa shape index (κ3) is 4.13. The van der Waals surface area contributed by atoms with Crippen molar-refractivity contribution in [2.24, 2.45) is 12.8 Å². The first-order valence-electron chi connectivity index (χ1n) is 9.08. The van der Waals surface area contributed by atoms with Gasteiger partial charge in [0.1, 0.15) is 11.5 Å². The Kier molecular flexibility index (Phi) is 5.16. The molecule has 0 unspecified atom stereocenters. The number of nitrogens with zero attached hydrogens (tertiary/aromatic N) is 3. The number of carbonyl (C=O) groups is 1. The molecule has 4 rings (SSSR count). The van der Waals surface area contributed by atoms with E-state index in [4.69, 9.17) is 27.8 Å². The molecule has 0 radical (unpaired) electrons. The van der Waals surface area contributed by atoms with Gasteiger partial charge in [-0.3, -0.25) is 9.78 Å². The number of rotatable bonds is 6. The Labute approximate surface area is 177 Å². The molecule has 2 aromatic carbocycles. The summed E-state index contributed by atoms with van der Waals surface area (Å²) in [5.41, 5.74) is 14.6. The molecule has 0 spiro atoms. The molecule has 4 aromatic rings. The van der Waals surface area contributed by atoms with Gasteiger partial charge in [-0.25, -0.2) is 4.98 Å². The standard InChI is InChI=1S/C21H19ClN6O2/c1-28-19-5-3-14(30-15-6-7-25-13(8-15)10-20(24)29)11-18(19)27-21(28)26-12-2-4-16(22)17(23)9-12/h2-9,11H,10,23H2,1H3,(H2,24,29)(H,26,27). The predicted octanol–water partition coefficient (Wildman–Crippen LogP) is 3.77. The van der Waals surface area contributed by atoms with Crippen molar-refractivity contribution in [2.75, 3.05) is 11.1 Å². The van der Waals surface area contributed by atoms with Gasteiger partial charge >= 0.3 is 0 Å². The van der Waals surface area contributed by atoms with E-state index in [9.17, 15) is 4.79 Å². The first-order chi connectivity index (χ1) is 14.4. The fourth-order valence-corrected chi connectivity index (χ4v) is 3.15. The van der Waals surface area contributed by atoms with Gasteiger partial charge in [-0.15, -0.1) is 0 Å². The number of amides is 1. The largest absolute Gasteiger partial charge is 0.457 e. The van der Waals surface area contributed by atoms with Crippen LogP contribution in [0.1, 0.15) is 5.69 Å². The van der Waals surface area contributed by atoms with E-state index < -0.39 is 5.91 Å². The van der Waals surface area contributed by atoms with Gasteiger partial charge < -0.3 is 26.1 Å². The number of hydrogen-bond acceptors (Lipinski definition) is 6. The van der Waals surface area contributed by atoms with Crippen LogP contribution in [-0.2, 0) is 18.3 Å². The van der Waals surface area contributed by atoms with E-state index in [0.29, 0.717) is 33.9 Å². The van der Waals surface area contributed by atoms with Crippen LogP contribution >= 0.6 is 11.6 Å². The summed E-state index contributed by atoms with van der Waals surface area (Å²) in [5.74, 6) is 1.37. The summed E-state index contributed by atoms with van der Waals surface area (Å²) in [7, 11) is 1.91. The molecule has 9 heteroatoms. The molecule has 2 heterocycles. The molecular weight excluding hydrogens is 404 g/mol. The second kappa shape index (κ2) is 7.92. The van der Waals surface area contributed by atoms with Crippen LogP contribution in [0.2, 0.25) is 5.02 Å². The normalized spacial score (nSPS) is 10.9. The van der Waals surface area contributed by atoms with Gasteiger partial charge in [0.25, 0.3) is 0 Å². The molecule has 0 atom stereocenters. The van der Waals surface area contributed by atoms with Gasteiger partial charge in [0.2, 0.25) is 11.9 Å². The maximum atomic E-state index is 11.1. The van der Waals surface area contributed by atoms with Crippen molar-refractivity contribution in [3.63, 3.8) is 0 Å². The van der Waals surface area contributed by atoms with Crippen molar-refractivity contribution in [1.29, 1.82) is 0 Å². The van der Waals surface area contributed by atoms with Gasteiger partial charge in [0.15, 0.2) is 0 Å². The number of carbonyl (C=O) groups excluding carboxylic acids is 1. The molecule has 30 heavy (non-hydrogen) atoms. The van der Waals surface area contributed by atoms with Gasteiger partial charge in [0.05, 0.1) is 33.9 Å². The number of fused-ring (bicyclic) bond motifs is 1. The lowest BCUT2D eigenvalue weighted by Crippen LogP contribution is -2.14. The Bertz CT molecular complexity index is 1250. The first-order valence-corrected chi connectivity index (χ1v) is 9.46. The zero-order chi connectivity index (χ0) is 21.3. The van der Waals surface area contributed by atoms with Crippen molar-refractivity contribution in [2.45, 2.75) is 6.42 Å². The Morgan fingerprint density at radius 2 is 1.97 bits per heavy atom. The third-order valence-electron chi connectivity index (χ3n) is 4.48. The van der Waals surface area contributed by atoms with Crippen molar-refractivity contribution in [3.05, 3.63) is 65.4 Å². The fraction of sp³-hybridized carbons (Fsp3) is 0.0952. The van der Waals surface area contributed by atoms with Crippen LogP contribution in [-0.4, -0.2) is 20.4 Å². The molecule has 0 fully saturated rings. The average Bonchev–Trinajstić information content (AvgIpc) is 2.99. The number of halogens is 1. The molecule has 0 aliphatic carbocycles. The lowest BCUT2D eigenvalue weighted by atomic mass is 10.2. The van der Waals surface area contributed by atoms with Gasteiger partial charge in [-0.2, -0.15) is 0 Å². The highest BCUT2D eigenvalue weighted by atomic mass is 35.5. The van der Waals surface area contributed by atoms with Gasteiger partial charge in [-0.05, 0) is 36.4 Å². The maximum Gasteiger partial charge on any atom is 0.223 e. The molecule has 2 aromatic heterocycles. The lowest BCUT2D eigenvalue weighted by Gasteiger charge is -2.08. The number of pyridine rings is 1. The quantitative estimate of drug-likeness (QED) is 0.407. The molecule has 152 valence electrons. The van der Waals surface area contributed by atoms with Crippen molar-refractivity contribution < 1.29 is 9.53 Å². The summed E-state index contributed by atoms with van der Waals surface area (Å²) >= 11 is 5.98. The lowest BCUT2D eigenvalue weighted by molar-refractivity contribution is -0.117. The highest BCUT2D eigenvalue weighted by Gasteiger charge is 2.11. The number of benzene rings is 2. The number of imidazole rings is 1. The minimum Gasteiger partial charge on any atom is -0.457 e. The minimum absolute atomic E-state index is 0.0563. The SMILES string of the molecule is Cn1c(Nc2ccc(Cl)c(N)c2)nc2cc(Oc3ccnc(CC(N)=O)c3)ccc21. The Morgan fingerprint density at radius 3 is 2.73 bits per heavy atom. The summed E-state index contributed by atoms with van der Waals surface area (Å²) in [6.45, 7) is 0. The van der Waals surface area contributed by atoms with Crippen LogP contribution in [0, 0.1) is 0 Å². The second-order valence-electron chi connectivity index (χ2n) is 6.73. The topological polar surface area (TPSA) is 121 Å². The highest BCUT2D eigenvalue weighted by Crippen LogP contribution is 2.29. The number of nitrogen functional groups attached to an aromatic ring is 1. The predicted molar refractivity (Wildman–Crippen MR) is 117 cm³/mol. The monoisotopic (exact) mass is 422 g/mol. The minimum atomic E-state index is -0.447. The number of aryl methyl sites for hydroxylation is 1. The second-order valence-corrected chi connectivity index (χ2v) is 7.14. The van der Waals surface area contributed by atoms with Crippen LogP contribution in [0.25, 0.3) is 11.0 Å². The van der Waals surface area contributed by atoms with E-state index >= 15 is 0 Å². The molecule has 0 saturated carbocycles. The van der Waals surface area contributed by atoms with Crippen LogP contribution < -0.4 is 21.5 Å². The van der Waals surface area contributed by atoms with Gasteiger partial charge in [0, 0.05) is 31.1 Å². The van der Waals surface area contributed by atoms with E-state index in [1.807, 2.05) is 35.9 Å². The van der Waals surface area contributed by atoms with Crippen LogP contribution in [0.5, 0.6) is 11.5 Å². The van der Waals surface area contributed by atoms with Crippen LogP contribution in [0.3, 0.4) is 0 Å². The number of primary amides is 1.